The topological polar surface area (TPSA) is 64.9 Å². The van der Waals surface area contributed by atoms with Crippen LogP contribution in [-0.4, -0.2) is 27.3 Å². The van der Waals surface area contributed by atoms with Crippen LogP contribution < -0.4 is 10.1 Å². The van der Waals surface area contributed by atoms with Gasteiger partial charge in [0.2, 0.25) is 0 Å². The molecular weight excluding hydrogens is 297 g/mol. The number of hydrogen-bond acceptors (Lipinski definition) is 5. The molecule has 3 rings (SSSR count). The number of hydrogen-bond donors (Lipinski definition) is 1. The molecule has 1 N–H and O–H groups in total. The molecule has 0 radical (unpaired) electrons. The number of benzene rings is 2. The average Bonchev–Trinajstić information content (AvgIpc) is 3.05. The van der Waals surface area contributed by atoms with E-state index in [0.717, 1.165) is 11.4 Å². The lowest BCUT2D eigenvalue weighted by atomic mass is 10.3. The van der Waals surface area contributed by atoms with E-state index in [-0.39, 0.29) is 5.82 Å². The van der Waals surface area contributed by atoms with Gasteiger partial charge in [0.15, 0.2) is 5.82 Å². The lowest BCUT2D eigenvalue weighted by molar-refractivity contribution is 0.415. The maximum Gasteiger partial charge on any atom is 0.181 e. The number of anilines is 1. The predicted molar refractivity (Wildman–Crippen MR) is 84.8 cm³/mol. The first-order chi connectivity index (χ1) is 11.3. The molecule has 6 nitrogen and oxygen atoms in total. The highest BCUT2D eigenvalue weighted by Crippen LogP contribution is 2.15. The first kappa shape index (κ1) is 14.7. The molecule has 0 saturated heterocycles. The predicted octanol–water partition coefficient (Wildman–Crippen LogP) is 2.89. The lowest BCUT2D eigenvalue weighted by Gasteiger charge is -2.03. The largest absolute Gasteiger partial charge is 0.497 e. The molecule has 1 heterocycles. The van der Waals surface area contributed by atoms with E-state index in [1.54, 1.807) is 31.5 Å². The summed E-state index contributed by atoms with van der Waals surface area (Å²) in [5.74, 6) is 1.01. The quantitative estimate of drug-likeness (QED) is 0.785. The van der Waals surface area contributed by atoms with Crippen molar-refractivity contribution in [3.8, 4) is 11.4 Å². The third kappa shape index (κ3) is 3.52. The van der Waals surface area contributed by atoms with E-state index in [2.05, 4.69) is 20.8 Å². The van der Waals surface area contributed by atoms with Gasteiger partial charge in [-0.15, -0.1) is 5.10 Å². The first-order valence-electron chi connectivity index (χ1n) is 6.88. The summed E-state index contributed by atoms with van der Waals surface area (Å²) >= 11 is 0. The van der Waals surface area contributed by atoms with E-state index in [4.69, 9.17) is 4.74 Å². The fourth-order valence-electron chi connectivity index (χ4n) is 1.96. The minimum absolute atomic E-state index is 0.305. The lowest BCUT2D eigenvalue weighted by Crippen LogP contribution is -2.00. The molecule has 1 aromatic heterocycles. The molecule has 0 spiro atoms. The van der Waals surface area contributed by atoms with Crippen molar-refractivity contribution < 1.29 is 9.13 Å². The normalized spacial score (nSPS) is 10.9. The number of halogens is 1. The fourth-order valence-corrected chi connectivity index (χ4v) is 1.96. The van der Waals surface area contributed by atoms with E-state index < -0.39 is 0 Å². The van der Waals surface area contributed by atoms with Crippen LogP contribution in [0, 0.1) is 5.82 Å². The number of rotatable bonds is 5. The van der Waals surface area contributed by atoms with E-state index in [9.17, 15) is 4.39 Å². The van der Waals surface area contributed by atoms with Gasteiger partial charge in [-0.05, 0) is 59.0 Å². The third-order valence-electron chi connectivity index (χ3n) is 3.14. The summed E-state index contributed by atoms with van der Waals surface area (Å²) in [7, 11) is 1.62. The Balaban J connectivity index is 1.73. The Labute approximate surface area is 132 Å². The van der Waals surface area contributed by atoms with Gasteiger partial charge in [-0.1, -0.05) is 0 Å². The Bertz CT molecular complexity index is 796. The third-order valence-corrected chi connectivity index (χ3v) is 3.14. The maximum absolute atomic E-state index is 13.0. The number of tetrazole rings is 1. The molecule has 0 fully saturated rings. The maximum atomic E-state index is 13.0. The molecule has 116 valence electrons. The zero-order valence-electron chi connectivity index (χ0n) is 12.3. The van der Waals surface area contributed by atoms with Crippen molar-refractivity contribution in [3.05, 3.63) is 66.4 Å². The van der Waals surface area contributed by atoms with Crippen LogP contribution in [0.1, 0.15) is 5.82 Å². The molecule has 3 aromatic rings. The molecule has 0 saturated carbocycles. The second-order valence-corrected chi connectivity index (χ2v) is 4.63. The molecule has 0 aliphatic carbocycles. The summed E-state index contributed by atoms with van der Waals surface area (Å²) in [6, 6.07) is 13.5. The minimum atomic E-state index is -0.305. The van der Waals surface area contributed by atoms with Crippen molar-refractivity contribution >= 4 is 11.8 Å². The molecule has 0 aliphatic rings. The summed E-state index contributed by atoms with van der Waals surface area (Å²) in [4.78, 5) is 0. The number of methoxy groups -OCH3 is 1. The van der Waals surface area contributed by atoms with Gasteiger partial charge in [-0.3, -0.25) is 0 Å². The Morgan fingerprint density at radius 2 is 1.83 bits per heavy atom. The van der Waals surface area contributed by atoms with Crippen LogP contribution in [0.4, 0.5) is 10.1 Å². The molecule has 2 aromatic carbocycles. The second-order valence-electron chi connectivity index (χ2n) is 4.63. The van der Waals surface area contributed by atoms with Crippen molar-refractivity contribution in [2.75, 3.05) is 12.4 Å². The number of ether oxygens (including phenoxy) is 1. The zero-order valence-corrected chi connectivity index (χ0v) is 12.3. The second kappa shape index (κ2) is 6.69. The van der Waals surface area contributed by atoms with Gasteiger partial charge in [-0.25, -0.2) is 4.39 Å². The standard InChI is InChI=1S/C16H14FN5O/c1-23-15-8-4-13(5-9-15)18-11-10-16-19-20-21-22(16)14-6-2-12(17)3-7-14/h2-11,18H,1H3/b11-10-. The Hall–Kier alpha value is -3.22. The average molecular weight is 311 g/mol. The minimum Gasteiger partial charge on any atom is -0.497 e. The van der Waals surface area contributed by atoms with Crippen LogP contribution in [0.15, 0.2) is 54.7 Å². The number of nitrogens with one attached hydrogen (secondary N) is 1. The molecule has 0 atom stereocenters. The molecule has 0 unspecified atom stereocenters. The number of aromatic nitrogens is 4. The van der Waals surface area contributed by atoms with E-state index in [0.29, 0.717) is 11.5 Å². The van der Waals surface area contributed by atoms with E-state index in [1.807, 2.05) is 24.3 Å². The Kier molecular flexibility index (Phi) is 4.28. The summed E-state index contributed by atoms with van der Waals surface area (Å²) in [6.45, 7) is 0. The van der Waals surface area contributed by atoms with Crippen molar-refractivity contribution in [3.63, 3.8) is 0 Å². The molecule has 0 amide bonds. The van der Waals surface area contributed by atoms with Crippen molar-refractivity contribution in [1.82, 2.24) is 20.2 Å². The van der Waals surface area contributed by atoms with Crippen molar-refractivity contribution in [2.45, 2.75) is 0 Å². The van der Waals surface area contributed by atoms with Gasteiger partial charge in [0.1, 0.15) is 11.6 Å². The number of nitrogens with zero attached hydrogens (tertiary/aromatic N) is 4. The zero-order chi connectivity index (χ0) is 16.1. The van der Waals surface area contributed by atoms with Gasteiger partial charge in [0, 0.05) is 18.0 Å². The van der Waals surface area contributed by atoms with Gasteiger partial charge in [-0.2, -0.15) is 4.68 Å². The highest BCUT2D eigenvalue weighted by atomic mass is 19.1. The summed E-state index contributed by atoms with van der Waals surface area (Å²) in [5, 5.41) is 14.6. The molecule has 0 aliphatic heterocycles. The molecule has 7 heteroatoms. The summed E-state index contributed by atoms with van der Waals surface area (Å²) < 4.78 is 19.6. The Morgan fingerprint density at radius 1 is 1.09 bits per heavy atom. The van der Waals surface area contributed by atoms with Gasteiger partial charge < -0.3 is 10.1 Å². The Morgan fingerprint density at radius 3 is 2.52 bits per heavy atom. The van der Waals surface area contributed by atoms with Crippen LogP contribution in [-0.2, 0) is 0 Å². The molecule has 23 heavy (non-hydrogen) atoms. The van der Waals surface area contributed by atoms with Crippen molar-refractivity contribution in [1.29, 1.82) is 0 Å². The first-order valence-corrected chi connectivity index (χ1v) is 6.88. The van der Waals surface area contributed by atoms with Gasteiger partial charge in [0.25, 0.3) is 0 Å². The van der Waals surface area contributed by atoms with E-state index in [1.165, 1.54) is 16.8 Å². The SMILES string of the molecule is COc1ccc(N/C=C\c2nnnn2-c2ccc(F)cc2)cc1. The van der Waals surface area contributed by atoms with Gasteiger partial charge >= 0.3 is 0 Å². The molecule has 0 bridgehead atoms. The fraction of sp³-hybridized carbons (Fsp3) is 0.0625. The van der Waals surface area contributed by atoms with Crippen LogP contribution in [0.25, 0.3) is 11.8 Å². The summed E-state index contributed by atoms with van der Waals surface area (Å²) in [5.41, 5.74) is 1.59. The van der Waals surface area contributed by atoms with Crippen molar-refractivity contribution in [2.24, 2.45) is 0 Å². The van der Waals surface area contributed by atoms with E-state index >= 15 is 0 Å². The molecular formula is C16H14FN5O. The summed E-state index contributed by atoms with van der Waals surface area (Å²) in [6.07, 6.45) is 3.46. The highest BCUT2D eigenvalue weighted by Gasteiger charge is 2.05. The van der Waals surface area contributed by atoms with Crippen LogP contribution >= 0.6 is 0 Å². The smallest absolute Gasteiger partial charge is 0.181 e. The van der Waals surface area contributed by atoms with Crippen LogP contribution in [0.5, 0.6) is 5.75 Å². The van der Waals surface area contributed by atoms with Crippen LogP contribution in [0.3, 0.4) is 0 Å². The monoisotopic (exact) mass is 311 g/mol. The highest BCUT2D eigenvalue weighted by molar-refractivity contribution is 5.53. The van der Waals surface area contributed by atoms with Gasteiger partial charge in [0.05, 0.1) is 12.8 Å². The van der Waals surface area contributed by atoms with Crippen LogP contribution in [0.2, 0.25) is 0 Å².